The maximum Gasteiger partial charge on any atom is 0.0234 e. The third-order valence-electron chi connectivity index (χ3n) is 6.56. The second-order valence-electron chi connectivity index (χ2n) is 8.74. The largest absolute Gasteiger partial charge is 0.298 e. The number of allylic oxidation sites excluding steroid dienone is 1. The number of likely N-dealkylation sites (N-methyl/N-ethyl adjacent to an activating group) is 1. The smallest absolute Gasteiger partial charge is 0.0234 e. The Labute approximate surface area is 171 Å². The third kappa shape index (κ3) is 3.50. The zero-order valence-electron chi connectivity index (χ0n) is 16.0. The normalized spacial score (nSPS) is 23.5. The summed E-state index contributed by atoms with van der Waals surface area (Å²) in [4.78, 5) is 2.46. The van der Waals surface area contributed by atoms with Gasteiger partial charge in [0.15, 0.2) is 0 Å². The van der Waals surface area contributed by atoms with Gasteiger partial charge in [-0.05, 0) is 82.5 Å². The first-order chi connectivity index (χ1) is 12.4. The summed E-state index contributed by atoms with van der Waals surface area (Å²) in [5.41, 5.74) is 6.22. The van der Waals surface area contributed by atoms with E-state index in [9.17, 15) is 0 Å². The molecule has 2 bridgehead atoms. The molecule has 0 radical (unpaired) electrons. The number of halogens is 1. The summed E-state index contributed by atoms with van der Waals surface area (Å²) < 4.78 is 1.31. The molecule has 5 rings (SSSR count). The molecule has 0 amide bonds. The molecule has 0 aliphatic heterocycles. The molecule has 3 aliphatic carbocycles. The van der Waals surface area contributed by atoms with Gasteiger partial charge < -0.3 is 0 Å². The predicted molar refractivity (Wildman–Crippen MR) is 119 cm³/mol. The van der Waals surface area contributed by atoms with Gasteiger partial charge in [-0.3, -0.25) is 4.90 Å². The van der Waals surface area contributed by atoms with Gasteiger partial charge in [-0.2, -0.15) is 0 Å². The van der Waals surface area contributed by atoms with E-state index in [1.165, 1.54) is 33.1 Å². The molecule has 3 aliphatic rings. The molecule has 136 valence electrons. The molecule has 0 N–H and O–H groups in total. The van der Waals surface area contributed by atoms with Crippen LogP contribution in [0, 0.1) is 20.8 Å². The van der Waals surface area contributed by atoms with Gasteiger partial charge in [0, 0.05) is 16.7 Å². The fraction of sp³-hybridized carbons (Fsp3) is 0.417. The number of rotatable bonds is 5. The minimum atomic E-state index is 0.548. The van der Waals surface area contributed by atoms with Crippen molar-refractivity contribution < 1.29 is 0 Å². The zero-order valence-corrected chi connectivity index (χ0v) is 18.2. The summed E-state index contributed by atoms with van der Waals surface area (Å²) >= 11 is 2.42. The number of nitrogens with zero attached hydrogens (tertiary/aromatic N) is 1. The molecule has 1 fully saturated rings. The Bertz CT molecular complexity index is 818. The number of benzene rings is 2. The lowest BCUT2D eigenvalue weighted by molar-refractivity contribution is -0.00259. The Morgan fingerprint density at radius 2 is 1.77 bits per heavy atom. The van der Waals surface area contributed by atoms with Crippen molar-refractivity contribution in [1.29, 1.82) is 0 Å². The van der Waals surface area contributed by atoms with Crippen molar-refractivity contribution in [2.24, 2.45) is 17.3 Å². The number of hydrogen-bond donors (Lipinski definition) is 0. The van der Waals surface area contributed by atoms with Crippen molar-refractivity contribution in [3.05, 3.63) is 69.3 Å². The highest BCUT2D eigenvalue weighted by molar-refractivity contribution is 14.1. The predicted octanol–water partition coefficient (Wildman–Crippen LogP) is 6.38. The van der Waals surface area contributed by atoms with Crippen molar-refractivity contribution in [3.63, 3.8) is 0 Å². The van der Waals surface area contributed by atoms with Crippen LogP contribution >= 0.6 is 22.6 Å². The molecule has 0 unspecified atom stereocenters. The van der Waals surface area contributed by atoms with Crippen molar-refractivity contribution in [2.75, 3.05) is 13.6 Å². The van der Waals surface area contributed by atoms with Crippen LogP contribution in [-0.4, -0.2) is 18.5 Å². The molecule has 0 saturated heterocycles. The summed E-state index contributed by atoms with van der Waals surface area (Å²) in [6, 6.07) is 17.7. The van der Waals surface area contributed by atoms with Gasteiger partial charge in [0.25, 0.3) is 0 Å². The average molecular weight is 457 g/mol. The van der Waals surface area contributed by atoms with Crippen LogP contribution in [0.25, 0.3) is 11.1 Å². The van der Waals surface area contributed by atoms with E-state index in [1.807, 2.05) is 0 Å². The SMILES string of the molecule is CN(CC1=C[C@@H]2C[C@H](C1)C2(C)C)Cc1ccc(-c2ccccc2I)cc1. The zero-order chi connectivity index (χ0) is 18.3. The molecular weight excluding hydrogens is 429 g/mol. The summed E-state index contributed by atoms with van der Waals surface area (Å²) in [7, 11) is 2.25. The summed E-state index contributed by atoms with van der Waals surface area (Å²) in [5.74, 6) is 1.73. The van der Waals surface area contributed by atoms with Gasteiger partial charge in [-0.25, -0.2) is 0 Å². The van der Waals surface area contributed by atoms with Crippen LogP contribution in [0.1, 0.15) is 32.3 Å². The second-order valence-corrected chi connectivity index (χ2v) is 9.90. The lowest BCUT2D eigenvalue weighted by Crippen LogP contribution is -2.47. The van der Waals surface area contributed by atoms with Crippen molar-refractivity contribution >= 4 is 22.6 Å². The van der Waals surface area contributed by atoms with E-state index in [1.54, 1.807) is 5.57 Å². The first-order valence-corrected chi connectivity index (χ1v) is 10.7. The van der Waals surface area contributed by atoms with E-state index in [4.69, 9.17) is 0 Å². The highest BCUT2D eigenvalue weighted by Gasteiger charge is 2.49. The number of hydrogen-bond acceptors (Lipinski definition) is 1. The van der Waals surface area contributed by atoms with Crippen LogP contribution in [0.3, 0.4) is 0 Å². The van der Waals surface area contributed by atoms with Gasteiger partial charge in [0.2, 0.25) is 0 Å². The fourth-order valence-electron chi connectivity index (χ4n) is 4.67. The lowest BCUT2D eigenvalue weighted by Gasteiger charge is -2.55. The highest BCUT2D eigenvalue weighted by Crippen LogP contribution is 2.57. The third-order valence-corrected chi connectivity index (χ3v) is 7.50. The van der Waals surface area contributed by atoms with Crippen molar-refractivity contribution in [2.45, 2.75) is 33.2 Å². The van der Waals surface area contributed by atoms with Crippen LogP contribution < -0.4 is 0 Å². The quantitative estimate of drug-likeness (QED) is 0.372. The molecule has 1 nitrogen and oxygen atoms in total. The molecule has 2 aromatic rings. The van der Waals surface area contributed by atoms with E-state index in [0.29, 0.717) is 5.41 Å². The van der Waals surface area contributed by atoms with Gasteiger partial charge in [0.1, 0.15) is 0 Å². The van der Waals surface area contributed by atoms with Crippen LogP contribution in [0.2, 0.25) is 0 Å². The van der Waals surface area contributed by atoms with E-state index in [-0.39, 0.29) is 0 Å². The van der Waals surface area contributed by atoms with Crippen molar-refractivity contribution in [3.8, 4) is 11.1 Å². The van der Waals surface area contributed by atoms with Gasteiger partial charge >= 0.3 is 0 Å². The molecule has 2 aromatic carbocycles. The molecule has 1 saturated carbocycles. The van der Waals surface area contributed by atoms with E-state index in [0.717, 1.165) is 24.9 Å². The number of fused-ring (bicyclic) bond motifs is 1. The standard InChI is InChI=1S/C24H28IN/c1-24(2)20-12-18(13-21(24)14-20)16-26(3)15-17-8-10-19(11-9-17)22-6-4-5-7-23(22)25/h4-12,20-21H,13-16H2,1-3H3/t20-,21+/m1/s1. The van der Waals surface area contributed by atoms with E-state index in [2.05, 4.69) is 103 Å². The lowest BCUT2D eigenvalue weighted by atomic mass is 9.50. The van der Waals surface area contributed by atoms with Crippen LogP contribution in [0.15, 0.2) is 60.2 Å². The van der Waals surface area contributed by atoms with Crippen LogP contribution in [0.4, 0.5) is 0 Å². The molecule has 0 spiro atoms. The maximum atomic E-state index is 2.58. The molecule has 0 heterocycles. The van der Waals surface area contributed by atoms with E-state index < -0.39 is 0 Å². The average Bonchev–Trinajstić information content (AvgIpc) is 2.63. The Morgan fingerprint density at radius 3 is 2.38 bits per heavy atom. The van der Waals surface area contributed by atoms with Gasteiger partial charge in [-0.15, -0.1) is 0 Å². The topological polar surface area (TPSA) is 3.24 Å². The molecule has 0 aromatic heterocycles. The van der Waals surface area contributed by atoms with Crippen molar-refractivity contribution in [1.82, 2.24) is 4.90 Å². The van der Waals surface area contributed by atoms with Gasteiger partial charge in [-0.1, -0.05) is 68.0 Å². The Balaban J connectivity index is 1.38. The molecular formula is C24H28IN. The van der Waals surface area contributed by atoms with Gasteiger partial charge in [0.05, 0.1) is 0 Å². The summed E-state index contributed by atoms with van der Waals surface area (Å²) in [6.45, 7) is 7.01. The Kier molecular flexibility index (Phi) is 5.00. The minimum absolute atomic E-state index is 0.548. The monoisotopic (exact) mass is 457 g/mol. The minimum Gasteiger partial charge on any atom is -0.298 e. The Hall–Kier alpha value is -1.13. The maximum absolute atomic E-state index is 2.58. The second kappa shape index (κ2) is 7.12. The molecule has 2 atom stereocenters. The molecule has 26 heavy (non-hydrogen) atoms. The van der Waals surface area contributed by atoms with Crippen LogP contribution in [-0.2, 0) is 6.54 Å². The first kappa shape index (κ1) is 18.2. The van der Waals surface area contributed by atoms with Crippen LogP contribution in [0.5, 0.6) is 0 Å². The summed E-state index contributed by atoms with van der Waals surface area (Å²) in [6.07, 6.45) is 5.30. The fourth-order valence-corrected chi connectivity index (χ4v) is 5.37. The summed E-state index contributed by atoms with van der Waals surface area (Å²) in [5, 5.41) is 0. The first-order valence-electron chi connectivity index (χ1n) is 9.65. The Morgan fingerprint density at radius 1 is 1.04 bits per heavy atom. The van der Waals surface area contributed by atoms with E-state index >= 15 is 0 Å². The molecule has 2 heteroatoms. The highest BCUT2D eigenvalue weighted by atomic mass is 127.